The van der Waals surface area contributed by atoms with Gasteiger partial charge in [-0.05, 0) is 26.0 Å². The second-order valence-corrected chi connectivity index (χ2v) is 4.30. The molecule has 0 aliphatic rings. The van der Waals surface area contributed by atoms with Gasteiger partial charge in [-0.15, -0.1) is 0 Å². The van der Waals surface area contributed by atoms with E-state index in [9.17, 15) is 4.79 Å². The zero-order valence-electron chi connectivity index (χ0n) is 9.85. The molecule has 0 unspecified atom stereocenters. The molecule has 0 spiro atoms. The number of hydrogen-bond donors (Lipinski definition) is 0. The number of carbonyl (C=O) groups excluding carboxylic acids is 1. The van der Waals surface area contributed by atoms with Gasteiger partial charge in [0.05, 0.1) is 12.5 Å². The van der Waals surface area contributed by atoms with Gasteiger partial charge >= 0.3 is 0 Å². The van der Waals surface area contributed by atoms with Crippen LogP contribution in [-0.4, -0.2) is 28.4 Å². The maximum atomic E-state index is 12.1. The molecule has 0 saturated heterocycles. The quantitative estimate of drug-likeness (QED) is 0.826. The average molecular weight is 252 g/mol. The fraction of sp³-hybridized carbons (Fsp3) is 0.417. The van der Waals surface area contributed by atoms with E-state index >= 15 is 0 Å². The van der Waals surface area contributed by atoms with Gasteiger partial charge in [0, 0.05) is 23.8 Å². The summed E-state index contributed by atoms with van der Waals surface area (Å²) in [4.78, 5) is 17.7. The van der Waals surface area contributed by atoms with Crippen molar-refractivity contribution in [3.8, 4) is 6.07 Å². The predicted octanol–water partition coefficient (Wildman–Crippen LogP) is 2.50. The Labute approximate surface area is 106 Å². The van der Waals surface area contributed by atoms with Crippen molar-refractivity contribution in [2.75, 3.05) is 6.54 Å². The van der Waals surface area contributed by atoms with Gasteiger partial charge in [-0.3, -0.25) is 9.78 Å². The van der Waals surface area contributed by atoms with Crippen LogP contribution < -0.4 is 0 Å². The number of nitriles is 1. The normalized spacial score (nSPS) is 10.1. The molecule has 1 aromatic rings. The molecular formula is C12H14ClN3O. The molecular weight excluding hydrogens is 238 g/mol. The van der Waals surface area contributed by atoms with Crippen LogP contribution in [0, 0.1) is 11.3 Å². The molecule has 0 aliphatic heterocycles. The molecule has 0 fully saturated rings. The molecule has 0 bridgehead atoms. The number of nitrogens with zero attached hydrogens (tertiary/aromatic N) is 3. The number of amides is 1. The van der Waals surface area contributed by atoms with Crippen molar-refractivity contribution in [2.24, 2.45) is 0 Å². The third kappa shape index (κ3) is 3.72. The van der Waals surface area contributed by atoms with Crippen molar-refractivity contribution < 1.29 is 4.79 Å². The highest BCUT2D eigenvalue weighted by atomic mass is 35.5. The van der Waals surface area contributed by atoms with Crippen molar-refractivity contribution in [3.63, 3.8) is 0 Å². The monoisotopic (exact) mass is 251 g/mol. The molecule has 90 valence electrons. The summed E-state index contributed by atoms with van der Waals surface area (Å²) in [6.07, 6.45) is 1.81. The van der Waals surface area contributed by atoms with Crippen LogP contribution in [0.15, 0.2) is 18.3 Å². The van der Waals surface area contributed by atoms with E-state index < -0.39 is 0 Å². The highest BCUT2D eigenvalue weighted by Gasteiger charge is 2.19. The highest BCUT2D eigenvalue weighted by Crippen LogP contribution is 2.12. The predicted molar refractivity (Wildman–Crippen MR) is 65.6 cm³/mol. The summed E-state index contributed by atoms with van der Waals surface area (Å²) in [5.41, 5.74) is 0.309. The van der Waals surface area contributed by atoms with Crippen LogP contribution in [0.4, 0.5) is 0 Å². The van der Waals surface area contributed by atoms with Crippen LogP contribution in [0.5, 0.6) is 0 Å². The number of rotatable bonds is 4. The summed E-state index contributed by atoms with van der Waals surface area (Å²) in [5, 5.41) is 9.05. The molecule has 1 amide bonds. The van der Waals surface area contributed by atoms with Crippen molar-refractivity contribution in [1.29, 1.82) is 5.26 Å². The fourth-order valence-corrected chi connectivity index (χ4v) is 1.59. The molecule has 0 aliphatic carbocycles. The molecule has 0 saturated carbocycles. The van der Waals surface area contributed by atoms with E-state index in [1.165, 1.54) is 12.3 Å². The zero-order valence-corrected chi connectivity index (χ0v) is 10.6. The van der Waals surface area contributed by atoms with Crippen molar-refractivity contribution in [3.05, 3.63) is 29.0 Å². The van der Waals surface area contributed by atoms with Gasteiger partial charge in [0.1, 0.15) is 5.69 Å². The topological polar surface area (TPSA) is 57.0 Å². The molecule has 1 heterocycles. The van der Waals surface area contributed by atoms with Crippen molar-refractivity contribution >= 4 is 17.5 Å². The number of carbonyl (C=O) groups is 1. The summed E-state index contributed by atoms with van der Waals surface area (Å²) in [6, 6.07) is 5.21. The Morgan fingerprint density at radius 1 is 1.65 bits per heavy atom. The van der Waals surface area contributed by atoms with E-state index in [1.54, 1.807) is 11.0 Å². The van der Waals surface area contributed by atoms with Gasteiger partial charge in [-0.2, -0.15) is 5.26 Å². The lowest BCUT2D eigenvalue weighted by atomic mass is 10.2. The van der Waals surface area contributed by atoms with E-state index in [2.05, 4.69) is 4.98 Å². The minimum absolute atomic E-state index is 0.0247. The maximum absolute atomic E-state index is 12.1. The Kier molecular flexibility index (Phi) is 4.92. The van der Waals surface area contributed by atoms with Gasteiger partial charge < -0.3 is 4.90 Å². The molecule has 0 aromatic carbocycles. The van der Waals surface area contributed by atoms with Gasteiger partial charge in [-0.25, -0.2) is 0 Å². The molecule has 0 atom stereocenters. The van der Waals surface area contributed by atoms with E-state index in [-0.39, 0.29) is 11.9 Å². The fourth-order valence-electron chi connectivity index (χ4n) is 1.43. The minimum atomic E-state index is -0.197. The second kappa shape index (κ2) is 6.21. The molecule has 5 heteroatoms. The Morgan fingerprint density at radius 3 is 2.88 bits per heavy atom. The summed E-state index contributed by atoms with van der Waals surface area (Å²) < 4.78 is 0. The average Bonchev–Trinajstić information content (AvgIpc) is 2.29. The minimum Gasteiger partial charge on any atom is -0.334 e. The lowest BCUT2D eigenvalue weighted by molar-refractivity contribution is 0.0704. The van der Waals surface area contributed by atoms with Crippen LogP contribution in [0.2, 0.25) is 5.02 Å². The van der Waals surface area contributed by atoms with Crippen molar-refractivity contribution in [1.82, 2.24) is 9.88 Å². The van der Waals surface area contributed by atoms with Gasteiger partial charge in [0.25, 0.3) is 5.91 Å². The third-order valence-electron chi connectivity index (χ3n) is 2.29. The molecule has 0 N–H and O–H groups in total. The Hall–Kier alpha value is -1.60. The van der Waals surface area contributed by atoms with Crippen LogP contribution >= 0.6 is 11.6 Å². The molecule has 1 rings (SSSR count). The van der Waals surface area contributed by atoms with Crippen molar-refractivity contribution in [2.45, 2.75) is 26.3 Å². The van der Waals surface area contributed by atoms with Crippen LogP contribution in [0.3, 0.4) is 0 Å². The van der Waals surface area contributed by atoms with E-state index in [0.29, 0.717) is 23.7 Å². The summed E-state index contributed by atoms with van der Waals surface area (Å²) in [6.45, 7) is 4.21. The first-order valence-electron chi connectivity index (χ1n) is 5.35. The lowest BCUT2D eigenvalue weighted by Crippen LogP contribution is -2.38. The number of pyridine rings is 1. The van der Waals surface area contributed by atoms with E-state index in [4.69, 9.17) is 16.9 Å². The summed E-state index contributed by atoms with van der Waals surface area (Å²) >= 11 is 5.81. The Bertz CT molecular complexity index is 440. The smallest absolute Gasteiger partial charge is 0.272 e. The molecule has 17 heavy (non-hydrogen) atoms. The standard InChI is InChI=1S/C12H14ClN3O/c1-9(2)16(7-3-5-14)12(17)11-8-10(13)4-6-15-11/h4,6,8-9H,3,7H2,1-2H3. The first-order valence-corrected chi connectivity index (χ1v) is 5.73. The zero-order chi connectivity index (χ0) is 12.8. The SMILES string of the molecule is CC(C)N(CCC#N)C(=O)c1cc(Cl)ccn1. The molecule has 1 aromatic heterocycles. The van der Waals surface area contributed by atoms with E-state index in [1.807, 2.05) is 19.9 Å². The molecule has 4 nitrogen and oxygen atoms in total. The van der Waals surface area contributed by atoms with Gasteiger partial charge in [0.2, 0.25) is 0 Å². The number of halogens is 1. The highest BCUT2D eigenvalue weighted by molar-refractivity contribution is 6.30. The second-order valence-electron chi connectivity index (χ2n) is 3.86. The third-order valence-corrected chi connectivity index (χ3v) is 2.52. The first kappa shape index (κ1) is 13.5. The number of hydrogen-bond acceptors (Lipinski definition) is 3. The van der Waals surface area contributed by atoms with Crippen LogP contribution in [-0.2, 0) is 0 Å². The van der Waals surface area contributed by atoms with Crippen LogP contribution in [0.1, 0.15) is 30.8 Å². The lowest BCUT2D eigenvalue weighted by Gasteiger charge is -2.25. The van der Waals surface area contributed by atoms with Crippen LogP contribution in [0.25, 0.3) is 0 Å². The summed E-state index contributed by atoms with van der Waals surface area (Å²) in [7, 11) is 0. The molecule has 0 radical (unpaired) electrons. The maximum Gasteiger partial charge on any atom is 0.272 e. The first-order chi connectivity index (χ1) is 8.06. The summed E-state index contributed by atoms with van der Waals surface area (Å²) in [5.74, 6) is -0.197. The Balaban J connectivity index is 2.88. The largest absolute Gasteiger partial charge is 0.334 e. The van der Waals surface area contributed by atoms with Gasteiger partial charge in [0.15, 0.2) is 0 Å². The Morgan fingerprint density at radius 2 is 2.35 bits per heavy atom. The van der Waals surface area contributed by atoms with Gasteiger partial charge in [-0.1, -0.05) is 11.6 Å². The number of aromatic nitrogens is 1. The van der Waals surface area contributed by atoms with E-state index in [0.717, 1.165) is 0 Å².